The van der Waals surface area contributed by atoms with E-state index >= 15 is 0 Å². The smallest absolute Gasteiger partial charge is 0.121 e. The number of H-pyrrole nitrogens is 1. The number of aliphatic hydroxyl groups excluding tert-OH is 1. The number of aromatic nitrogens is 2. The number of hydrogen-bond acceptors (Lipinski definition) is 4. The van der Waals surface area contributed by atoms with Gasteiger partial charge in [-0.2, -0.15) is 0 Å². The molecule has 1 aromatic heterocycles. The third kappa shape index (κ3) is 3.74. The summed E-state index contributed by atoms with van der Waals surface area (Å²) in [6, 6.07) is 16.3. The van der Waals surface area contributed by atoms with E-state index < -0.39 is 0 Å². The van der Waals surface area contributed by atoms with Gasteiger partial charge in [0.25, 0.3) is 0 Å². The number of aliphatic hydroxyl groups is 1. The predicted molar refractivity (Wildman–Crippen MR) is 99.0 cm³/mol. The summed E-state index contributed by atoms with van der Waals surface area (Å²) in [4.78, 5) is 13.0. The second-order valence-corrected chi connectivity index (χ2v) is 6.68. The summed E-state index contributed by atoms with van der Waals surface area (Å²) >= 11 is 0. The highest BCUT2D eigenvalue weighted by Crippen LogP contribution is 2.15. The molecule has 1 aliphatic rings. The lowest BCUT2D eigenvalue weighted by Crippen LogP contribution is -2.45. The summed E-state index contributed by atoms with van der Waals surface area (Å²) in [5.74, 6) is 1.04. The molecule has 2 heterocycles. The standard InChI is InChI=1S/C20H24N4O/c25-15-17-6-2-1-5-16(17)13-23-9-11-24(12-10-23)14-20-21-18-7-3-4-8-19(18)22-20/h1-8,25H,9-15H2,(H,21,22). The fourth-order valence-corrected chi connectivity index (χ4v) is 3.50. The molecule has 4 rings (SSSR count). The van der Waals surface area contributed by atoms with Gasteiger partial charge in [0.1, 0.15) is 5.82 Å². The van der Waals surface area contributed by atoms with Crippen LogP contribution in [0.1, 0.15) is 17.0 Å². The molecular weight excluding hydrogens is 312 g/mol. The molecule has 1 aliphatic heterocycles. The molecule has 5 nitrogen and oxygen atoms in total. The number of imidazole rings is 1. The van der Waals surface area contributed by atoms with Crippen molar-refractivity contribution in [3.05, 3.63) is 65.5 Å². The predicted octanol–water partition coefficient (Wildman–Crippen LogP) is 2.37. The van der Waals surface area contributed by atoms with Crippen molar-refractivity contribution in [3.63, 3.8) is 0 Å². The van der Waals surface area contributed by atoms with Crippen molar-refractivity contribution in [1.29, 1.82) is 0 Å². The Bertz CT molecular complexity index is 803. The molecule has 0 bridgehead atoms. The second-order valence-electron chi connectivity index (χ2n) is 6.68. The molecule has 0 unspecified atom stereocenters. The zero-order valence-electron chi connectivity index (χ0n) is 14.4. The van der Waals surface area contributed by atoms with Crippen LogP contribution in [0.4, 0.5) is 0 Å². The number of para-hydroxylation sites is 2. The third-order valence-corrected chi connectivity index (χ3v) is 4.96. The summed E-state index contributed by atoms with van der Waals surface area (Å²) in [6.45, 7) is 6.06. The molecule has 0 spiro atoms. The second kappa shape index (κ2) is 7.35. The first-order valence-corrected chi connectivity index (χ1v) is 8.88. The van der Waals surface area contributed by atoms with Gasteiger partial charge in [-0.15, -0.1) is 0 Å². The average Bonchev–Trinajstić information content (AvgIpc) is 3.06. The first-order valence-electron chi connectivity index (χ1n) is 8.88. The van der Waals surface area contributed by atoms with Crippen LogP contribution in [0, 0.1) is 0 Å². The zero-order chi connectivity index (χ0) is 17.1. The lowest BCUT2D eigenvalue weighted by molar-refractivity contribution is 0.119. The Morgan fingerprint density at radius 1 is 0.840 bits per heavy atom. The number of benzene rings is 2. The Morgan fingerprint density at radius 2 is 1.48 bits per heavy atom. The van der Waals surface area contributed by atoms with Crippen LogP contribution >= 0.6 is 0 Å². The third-order valence-electron chi connectivity index (χ3n) is 4.96. The SMILES string of the molecule is OCc1ccccc1CN1CCN(Cc2nc3ccccc3[nH]2)CC1. The van der Waals surface area contributed by atoms with Crippen molar-refractivity contribution in [1.82, 2.24) is 19.8 Å². The number of nitrogens with zero attached hydrogens (tertiary/aromatic N) is 3. The molecule has 3 aromatic rings. The van der Waals surface area contributed by atoms with Gasteiger partial charge in [-0.3, -0.25) is 9.80 Å². The normalized spacial score (nSPS) is 16.5. The fourth-order valence-electron chi connectivity index (χ4n) is 3.50. The van der Waals surface area contributed by atoms with Crippen molar-refractivity contribution in [2.45, 2.75) is 19.7 Å². The molecule has 2 aromatic carbocycles. The Hall–Kier alpha value is -2.21. The Morgan fingerprint density at radius 3 is 2.20 bits per heavy atom. The van der Waals surface area contributed by atoms with Crippen LogP contribution in [0.2, 0.25) is 0 Å². The highest BCUT2D eigenvalue weighted by Gasteiger charge is 2.18. The number of fused-ring (bicyclic) bond motifs is 1. The van der Waals surface area contributed by atoms with Crippen LogP contribution in [-0.4, -0.2) is 51.1 Å². The number of piperazine rings is 1. The van der Waals surface area contributed by atoms with E-state index in [2.05, 4.69) is 31.9 Å². The fraction of sp³-hybridized carbons (Fsp3) is 0.350. The number of nitrogens with one attached hydrogen (secondary N) is 1. The van der Waals surface area contributed by atoms with Crippen LogP contribution < -0.4 is 0 Å². The summed E-state index contributed by atoms with van der Waals surface area (Å²) in [7, 11) is 0. The molecule has 0 amide bonds. The molecule has 0 aliphatic carbocycles. The van der Waals surface area contributed by atoms with Gasteiger partial charge in [0.15, 0.2) is 0 Å². The minimum atomic E-state index is 0.113. The van der Waals surface area contributed by atoms with Crippen molar-refractivity contribution >= 4 is 11.0 Å². The van der Waals surface area contributed by atoms with E-state index in [9.17, 15) is 5.11 Å². The molecule has 2 N–H and O–H groups in total. The van der Waals surface area contributed by atoms with Crippen LogP contribution in [-0.2, 0) is 19.7 Å². The molecule has 25 heavy (non-hydrogen) atoms. The van der Waals surface area contributed by atoms with Gasteiger partial charge < -0.3 is 10.1 Å². The van der Waals surface area contributed by atoms with Crippen LogP contribution in [0.3, 0.4) is 0 Å². The maximum atomic E-state index is 9.48. The highest BCUT2D eigenvalue weighted by molar-refractivity contribution is 5.74. The summed E-state index contributed by atoms with van der Waals surface area (Å²) in [5.41, 5.74) is 4.41. The van der Waals surface area contributed by atoms with Crippen LogP contribution in [0.15, 0.2) is 48.5 Å². The highest BCUT2D eigenvalue weighted by atomic mass is 16.3. The summed E-state index contributed by atoms with van der Waals surface area (Å²) in [6.07, 6.45) is 0. The van der Waals surface area contributed by atoms with Gasteiger partial charge in [-0.1, -0.05) is 36.4 Å². The van der Waals surface area contributed by atoms with Crippen molar-refractivity contribution < 1.29 is 5.11 Å². The maximum Gasteiger partial charge on any atom is 0.121 e. The largest absolute Gasteiger partial charge is 0.392 e. The molecule has 1 saturated heterocycles. The van der Waals surface area contributed by atoms with Gasteiger partial charge in [0.05, 0.1) is 24.2 Å². The first-order chi connectivity index (χ1) is 12.3. The van der Waals surface area contributed by atoms with Gasteiger partial charge in [0, 0.05) is 32.7 Å². The van der Waals surface area contributed by atoms with E-state index in [1.165, 1.54) is 5.56 Å². The minimum absolute atomic E-state index is 0.113. The topological polar surface area (TPSA) is 55.4 Å². The van der Waals surface area contributed by atoms with E-state index in [-0.39, 0.29) is 6.61 Å². The monoisotopic (exact) mass is 336 g/mol. The molecule has 0 radical (unpaired) electrons. The number of hydrogen-bond donors (Lipinski definition) is 2. The molecular formula is C20H24N4O. The van der Waals surface area contributed by atoms with Crippen molar-refractivity contribution in [2.75, 3.05) is 26.2 Å². The van der Waals surface area contributed by atoms with Gasteiger partial charge in [-0.05, 0) is 23.3 Å². The van der Waals surface area contributed by atoms with E-state index in [4.69, 9.17) is 0 Å². The van der Waals surface area contributed by atoms with Crippen molar-refractivity contribution in [3.8, 4) is 0 Å². The molecule has 5 heteroatoms. The molecule has 1 fully saturated rings. The molecule has 0 atom stereocenters. The van der Waals surface area contributed by atoms with Gasteiger partial charge in [0.2, 0.25) is 0 Å². The Labute approximate surface area is 147 Å². The van der Waals surface area contributed by atoms with E-state index in [0.717, 1.165) is 61.7 Å². The lowest BCUT2D eigenvalue weighted by Gasteiger charge is -2.34. The molecule has 130 valence electrons. The lowest BCUT2D eigenvalue weighted by atomic mass is 10.1. The summed E-state index contributed by atoms with van der Waals surface area (Å²) < 4.78 is 0. The average molecular weight is 336 g/mol. The van der Waals surface area contributed by atoms with E-state index in [1.54, 1.807) is 0 Å². The van der Waals surface area contributed by atoms with Crippen LogP contribution in [0.5, 0.6) is 0 Å². The van der Waals surface area contributed by atoms with Crippen molar-refractivity contribution in [2.24, 2.45) is 0 Å². The van der Waals surface area contributed by atoms with Gasteiger partial charge >= 0.3 is 0 Å². The zero-order valence-corrected chi connectivity index (χ0v) is 14.4. The van der Waals surface area contributed by atoms with E-state index in [0.29, 0.717) is 0 Å². The van der Waals surface area contributed by atoms with E-state index in [1.807, 2.05) is 36.4 Å². The minimum Gasteiger partial charge on any atom is -0.392 e. The Kier molecular flexibility index (Phi) is 4.78. The summed E-state index contributed by atoms with van der Waals surface area (Å²) in [5, 5.41) is 9.48. The Balaban J connectivity index is 1.33. The maximum absolute atomic E-state index is 9.48. The number of aromatic amines is 1. The van der Waals surface area contributed by atoms with Gasteiger partial charge in [-0.25, -0.2) is 4.98 Å². The number of rotatable bonds is 5. The quantitative estimate of drug-likeness (QED) is 0.751. The van der Waals surface area contributed by atoms with Crippen LogP contribution in [0.25, 0.3) is 11.0 Å². The first kappa shape index (κ1) is 16.3. The molecule has 0 saturated carbocycles.